The van der Waals surface area contributed by atoms with Crippen molar-refractivity contribution in [1.82, 2.24) is 10.2 Å². The molecule has 116 valence electrons. The van der Waals surface area contributed by atoms with Crippen molar-refractivity contribution in [2.75, 3.05) is 32.8 Å². The lowest BCUT2D eigenvalue weighted by Gasteiger charge is -2.27. The summed E-state index contributed by atoms with van der Waals surface area (Å²) >= 11 is 0. The first-order valence-electron chi connectivity index (χ1n) is 8.13. The summed E-state index contributed by atoms with van der Waals surface area (Å²) in [6.07, 6.45) is 4.55. The zero-order chi connectivity index (χ0) is 14.6. The maximum atomic E-state index is 12.7. The third kappa shape index (κ3) is 3.95. The second kappa shape index (κ2) is 6.90. The molecule has 2 aliphatic rings. The molecule has 4 heteroatoms. The van der Waals surface area contributed by atoms with E-state index in [2.05, 4.69) is 31.0 Å². The Morgan fingerprint density at radius 1 is 1.30 bits per heavy atom. The van der Waals surface area contributed by atoms with E-state index in [9.17, 15) is 4.79 Å². The van der Waals surface area contributed by atoms with Crippen LogP contribution in [-0.4, -0.2) is 49.7 Å². The first kappa shape index (κ1) is 15.8. The third-order valence-electron chi connectivity index (χ3n) is 4.71. The molecule has 0 bridgehead atoms. The standard InChI is InChI=1S/C16H30N2O2/c1-4-8-17-14-12-20-11-13(14)15(19)18-9-5-6-16(2,3)7-10-18/h13-14,17H,4-12H2,1-3H3. The Hall–Kier alpha value is -0.610. The van der Waals surface area contributed by atoms with Crippen molar-refractivity contribution < 1.29 is 9.53 Å². The Bertz CT molecular complexity index is 330. The number of nitrogens with one attached hydrogen (secondary N) is 1. The Labute approximate surface area is 123 Å². The molecule has 20 heavy (non-hydrogen) atoms. The van der Waals surface area contributed by atoms with Crippen LogP contribution in [0.3, 0.4) is 0 Å². The molecule has 0 spiro atoms. The van der Waals surface area contributed by atoms with Crippen LogP contribution in [-0.2, 0) is 9.53 Å². The fraction of sp³-hybridized carbons (Fsp3) is 0.938. The SMILES string of the molecule is CCCNC1COCC1C(=O)N1CCCC(C)(C)CC1. The van der Waals surface area contributed by atoms with Crippen LogP contribution in [0, 0.1) is 11.3 Å². The molecule has 0 aromatic rings. The Balaban J connectivity index is 1.92. The molecule has 2 fully saturated rings. The van der Waals surface area contributed by atoms with Crippen molar-refractivity contribution in [3.8, 4) is 0 Å². The summed E-state index contributed by atoms with van der Waals surface area (Å²) in [7, 11) is 0. The molecule has 2 aliphatic heterocycles. The number of hydrogen-bond donors (Lipinski definition) is 1. The predicted octanol–water partition coefficient (Wildman–Crippen LogP) is 2.04. The minimum atomic E-state index is 0.0164. The van der Waals surface area contributed by atoms with Crippen LogP contribution < -0.4 is 5.32 Å². The number of rotatable bonds is 4. The fourth-order valence-corrected chi connectivity index (χ4v) is 3.21. The normalized spacial score (nSPS) is 30.2. The van der Waals surface area contributed by atoms with Gasteiger partial charge in [-0.15, -0.1) is 0 Å². The molecule has 0 aromatic carbocycles. The maximum Gasteiger partial charge on any atom is 0.229 e. The minimum Gasteiger partial charge on any atom is -0.379 e. The van der Waals surface area contributed by atoms with Gasteiger partial charge in [-0.05, 0) is 37.6 Å². The molecule has 4 nitrogen and oxygen atoms in total. The van der Waals surface area contributed by atoms with Crippen LogP contribution in [0.15, 0.2) is 0 Å². The average molecular weight is 282 g/mol. The van der Waals surface area contributed by atoms with E-state index < -0.39 is 0 Å². The molecule has 1 N–H and O–H groups in total. The average Bonchev–Trinajstić information content (AvgIpc) is 2.79. The Morgan fingerprint density at radius 2 is 2.10 bits per heavy atom. The summed E-state index contributed by atoms with van der Waals surface area (Å²) in [6, 6.07) is 0.207. The van der Waals surface area contributed by atoms with Crippen LogP contribution in [0.25, 0.3) is 0 Å². The molecule has 0 radical (unpaired) electrons. The first-order valence-corrected chi connectivity index (χ1v) is 8.13. The zero-order valence-electron chi connectivity index (χ0n) is 13.3. The lowest BCUT2D eigenvalue weighted by molar-refractivity contribution is -0.136. The highest BCUT2D eigenvalue weighted by atomic mass is 16.5. The number of amides is 1. The number of carbonyl (C=O) groups is 1. The number of nitrogens with zero attached hydrogens (tertiary/aromatic N) is 1. The van der Waals surface area contributed by atoms with E-state index in [1.54, 1.807) is 0 Å². The Kier molecular flexibility index (Phi) is 5.44. The van der Waals surface area contributed by atoms with E-state index >= 15 is 0 Å². The van der Waals surface area contributed by atoms with Gasteiger partial charge >= 0.3 is 0 Å². The van der Waals surface area contributed by atoms with Gasteiger partial charge in [0.1, 0.15) is 0 Å². The topological polar surface area (TPSA) is 41.6 Å². The summed E-state index contributed by atoms with van der Waals surface area (Å²) in [5.41, 5.74) is 0.376. The third-order valence-corrected chi connectivity index (χ3v) is 4.71. The summed E-state index contributed by atoms with van der Waals surface area (Å²) < 4.78 is 5.54. The molecule has 2 rings (SSSR count). The van der Waals surface area contributed by atoms with Gasteiger partial charge in [0, 0.05) is 19.1 Å². The van der Waals surface area contributed by atoms with E-state index in [-0.39, 0.29) is 12.0 Å². The smallest absolute Gasteiger partial charge is 0.229 e. The van der Waals surface area contributed by atoms with E-state index in [4.69, 9.17) is 4.74 Å². The number of hydrogen-bond acceptors (Lipinski definition) is 3. The van der Waals surface area contributed by atoms with Crippen LogP contribution in [0.4, 0.5) is 0 Å². The van der Waals surface area contributed by atoms with Crippen molar-refractivity contribution in [3.05, 3.63) is 0 Å². The summed E-state index contributed by atoms with van der Waals surface area (Å²) in [5.74, 6) is 0.316. The van der Waals surface area contributed by atoms with Gasteiger partial charge in [0.25, 0.3) is 0 Å². The van der Waals surface area contributed by atoms with Crippen LogP contribution in [0.5, 0.6) is 0 Å². The van der Waals surface area contributed by atoms with Crippen molar-refractivity contribution >= 4 is 5.91 Å². The number of carbonyl (C=O) groups excluding carboxylic acids is 1. The highest BCUT2D eigenvalue weighted by Gasteiger charge is 2.37. The van der Waals surface area contributed by atoms with E-state index in [1.165, 1.54) is 6.42 Å². The van der Waals surface area contributed by atoms with Crippen LogP contribution in [0.2, 0.25) is 0 Å². The zero-order valence-corrected chi connectivity index (χ0v) is 13.3. The van der Waals surface area contributed by atoms with Crippen molar-refractivity contribution in [2.24, 2.45) is 11.3 Å². The van der Waals surface area contributed by atoms with Gasteiger partial charge in [-0.25, -0.2) is 0 Å². The predicted molar refractivity (Wildman–Crippen MR) is 80.6 cm³/mol. The molecule has 2 saturated heterocycles. The monoisotopic (exact) mass is 282 g/mol. The van der Waals surface area contributed by atoms with E-state index in [0.717, 1.165) is 38.9 Å². The molecule has 0 saturated carbocycles. The van der Waals surface area contributed by atoms with Crippen molar-refractivity contribution in [1.29, 1.82) is 0 Å². The molecule has 1 amide bonds. The van der Waals surface area contributed by atoms with Gasteiger partial charge < -0.3 is 15.0 Å². The highest BCUT2D eigenvalue weighted by Crippen LogP contribution is 2.30. The van der Waals surface area contributed by atoms with E-state index in [0.29, 0.717) is 24.5 Å². The van der Waals surface area contributed by atoms with Gasteiger partial charge in [-0.3, -0.25) is 4.79 Å². The van der Waals surface area contributed by atoms with E-state index in [1.807, 2.05) is 0 Å². The maximum absolute atomic E-state index is 12.7. The number of likely N-dealkylation sites (tertiary alicyclic amines) is 1. The minimum absolute atomic E-state index is 0.0164. The second-order valence-electron chi connectivity index (χ2n) is 7.05. The van der Waals surface area contributed by atoms with Gasteiger partial charge in [-0.2, -0.15) is 0 Å². The first-order chi connectivity index (χ1) is 9.53. The summed E-state index contributed by atoms with van der Waals surface area (Å²) in [5, 5.41) is 3.46. The highest BCUT2D eigenvalue weighted by molar-refractivity contribution is 5.80. The van der Waals surface area contributed by atoms with Gasteiger partial charge in [0.2, 0.25) is 5.91 Å². The number of ether oxygens (including phenoxy) is 1. The Morgan fingerprint density at radius 3 is 2.85 bits per heavy atom. The van der Waals surface area contributed by atoms with Crippen molar-refractivity contribution in [2.45, 2.75) is 52.5 Å². The molecular formula is C16H30N2O2. The molecule has 2 atom stereocenters. The molecule has 0 aromatic heterocycles. The summed E-state index contributed by atoms with van der Waals surface area (Å²) in [4.78, 5) is 14.8. The summed E-state index contributed by atoms with van der Waals surface area (Å²) in [6.45, 7) is 10.8. The van der Waals surface area contributed by atoms with Crippen LogP contribution in [0.1, 0.15) is 46.5 Å². The van der Waals surface area contributed by atoms with Gasteiger partial charge in [-0.1, -0.05) is 20.8 Å². The lowest BCUT2D eigenvalue weighted by Crippen LogP contribution is -2.46. The van der Waals surface area contributed by atoms with Crippen molar-refractivity contribution in [3.63, 3.8) is 0 Å². The quantitative estimate of drug-likeness (QED) is 0.858. The molecule has 0 aliphatic carbocycles. The molecule has 2 unspecified atom stereocenters. The largest absolute Gasteiger partial charge is 0.379 e. The fourth-order valence-electron chi connectivity index (χ4n) is 3.21. The molecular weight excluding hydrogens is 252 g/mol. The van der Waals surface area contributed by atoms with Gasteiger partial charge in [0.15, 0.2) is 0 Å². The lowest BCUT2D eigenvalue weighted by atomic mass is 9.85. The van der Waals surface area contributed by atoms with Crippen LogP contribution >= 0.6 is 0 Å². The molecule has 2 heterocycles. The second-order valence-corrected chi connectivity index (χ2v) is 7.05. The van der Waals surface area contributed by atoms with Gasteiger partial charge in [0.05, 0.1) is 19.1 Å².